The van der Waals surface area contributed by atoms with Gasteiger partial charge in [0.2, 0.25) is 0 Å². The Bertz CT molecular complexity index is 697. The number of hydrogen-bond acceptors (Lipinski definition) is 4. The molecule has 0 radical (unpaired) electrons. The Morgan fingerprint density at radius 1 is 1.04 bits per heavy atom. The molecule has 2 amide bonds. The standard InChI is InChI=1S/C18H19N3O3/c1-24-16-9-7-15(8-10-16)13-20-21-18(23)17(22)19-12-11-14-5-3-2-4-6-14/h2-10,13H,11-12H2,1H3,(H,19,22)(H,21,23)/b20-13+. The van der Waals surface area contributed by atoms with E-state index in [9.17, 15) is 9.59 Å². The number of amides is 2. The Labute approximate surface area is 140 Å². The second kappa shape index (κ2) is 9.09. The lowest BCUT2D eigenvalue weighted by atomic mass is 10.1. The average molecular weight is 325 g/mol. The Morgan fingerprint density at radius 3 is 2.42 bits per heavy atom. The number of hydrazone groups is 1. The molecule has 0 spiro atoms. The van der Waals surface area contributed by atoms with Crippen LogP contribution < -0.4 is 15.5 Å². The molecule has 0 saturated carbocycles. The molecule has 0 fully saturated rings. The summed E-state index contributed by atoms with van der Waals surface area (Å²) in [6, 6.07) is 16.8. The van der Waals surface area contributed by atoms with Gasteiger partial charge in [-0.15, -0.1) is 0 Å². The van der Waals surface area contributed by atoms with Crippen LogP contribution in [-0.4, -0.2) is 31.7 Å². The molecule has 24 heavy (non-hydrogen) atoms. The van der Waals surface area contributed by atoms with Crippen LogP contribution in [0.5, 0.6) is 5.75 Å². The van der Waals surface area contributed by atoms with E-state index >= 15 is 0 Å². The second-order valence-corrected chi connectivity index (χ2v) is 4.96. The summed E-state index contributed by atoms with van der Waals surface area (Å²) in [7, 11) is 1.58. The maximum absolute atomic E-state index is 11.6. The van der Waals surface area contributed by atoms with Crippen molar-refractivity contribution in [3.05, 3.63) is 65.7 Å². The minimum absolute atomic E-state index is 0.387. The highest BCUT2D eigenvalue weighted by atomic mass is 16.5. The van der Waals surface area contributed by atoms with Gasteiger partial charge in [-0.2, -0.15) is 5.10 Å². The van der Waals surface area contributed by atoms with Crippen LogP contribution in [0.15, 0.2) is 59.7 Å². The molecule has 0 heterocycles. The second-order valence-electron chi connectivity index (χ2n) is 4.96. The summed E-state index contributed by atoms with van der Waals surface area (Å²) in [4.78, 5) is 23.3. The van der Waals surface area contributed by atoms with E-state index in [0.717, 1.165) is 16.9 Å². The van der Waals surface area contributed by atoms with Crippen molar-refractivity contribution in [2.45, 2.75) is 6.42 Å². The highest BCUT2D eigenvalue weighted by molar-refractivity contribution is 6.35. The summed E-state index contributed by atoms with van der Waals surface area (Å²) in [6.45, 7) is 0.387. The van der Waals surface area contributed by atoms with Gasteiger partial charge in [-0.25, -0.2) is 5.43 Å². The van der Waals surface area contributed by atoms with Gasteiger partial charge in [0.1, 0.15) is 5.75 Å². The molecule has 0 atom stereocenters. The average Bonchev–Trinajstić information content (AvgIpc) is 2.63. The predicted octanol–water partition coefficient (Wildman–Crippen LogP) is 1.50. The van der Waals surface area contributed by atoms with E-state index in [1.54, 1.807) is 31.4 Å². The van der Waals surface area contributed by atoms with E-state index in [4.69, 9.17) is 4.74 Å². The predicted molar refractivity (Wildman–Crippen MR) is 91.9 cm³/mol. The maximum atomic E-state index is 11.6. The topological polar surface area (TPSA) is 79.8 Å². The lowest BCUT2D eigenvalue weighted by Gasteiger charge is -2.04. The lowest BCUT2D eigenvalue weighted by molar-refractivity contribution is -0.139. The van der Waals surface area contributed by atoms with Crippen LogP contribution in [0.2, 0.25) is 0 Å². The summed E-state index contributed by atoms with van der Waals surface area (Å²) < 4.78 is 5.05. The smallest absolute Gasteiger partial charge is 0.329 e. The number of methoxy groups -OCH3 is 1. The van der Waals surface area contributed by atoms with Crippen molar-refractivity contribution >= 4 is 18.0 Å². The van der Waals surface area contributed by atoms with Gasteiger partial charge < -0.3 is 10.1 Å². The minimum atomic E-state index is -0.798. The van der Waals surface area contributed by atoms with Crippen LogP contribution >= 0.6 is 0 Å². The van der Waals surface area contributed by atoms with Crippen molar-refractivity contribution in [1.29, 1.82) is 0 Å². The largest absolute Gasteiger partial charge is 0.497 e. The van der Waals surface area contributed by atoms with E-state index < -0.39 is 11.8 Å². The normalized spacial score (nSPS) is 10.4. The van der Waals surface area contributed by atoms with Crippen LogP contribution in [0.3, 0.4) is 0 Å². The number of carbonyl (C=O) groups is 2. The fourth-order valence-electron chi connectivity index (χ4n) is 1.95. The maximum Gasteiger partial charge on any atom is 0.329 e. The first-order valence-corrected chi connectivity index (χ1v) is 7.48. The summed E-state index contributed by atoms with van der Waals surface area (Å²) in [6.07, 6.45) is 2.11. The zero-order valence-corrected chi connectivity index (χ0v) is 13.4. The van der Waals surface area contributed by atoms with Crippen molar-refractivity contribution in [2.24, 2.45) is 5.10 Å². The van der Waals surface area contributed by atoms with Crippen LogP contribution in [0.4, 0.5) is 0 Å². The molecule has 0 aromatic heterocycles. The molecule has 0 unspecified atom stereocenters. The number of nitrogens with one attached hydrogen (secondary N) is 2. The molecule has 0 aliphatic carbocycles. The summed E-state index contributed by atoms with van der Waals surface area (Å²) in [5.74, 6) is -0.778. The van der Waals surface area contributed by atoms with Gasteiger partial charge in [0.25, 0.3) is 0 Å². The van der Waals surface area contributed by atoms with E-state index in [0.29, 0.717) is 13.0 Å². The van der Waals surface area contributed by atoms with E-state index in [-0.39, 0.29) is 0 Å². The number of benzene rings is 2. The zero-order valence-electron chi connectivity index (χ0n) is 13.4. The molecular formula is C18H19N3O3. The summed E-state index contributed by atoms with van der Waals surface area (Å²) in [5.41, 5.74) is 4.07. The summed E-state index contributed by atoms with van der Waals surface area (Å²) in [5, 5.41) is 6.31. The fraction of sp³-hybridized carbons (Fsp3) is 0.167. The van der Waals surface area contributed by atoms with Gasteiger partial charge in [-0.1, -0.05) is 30.3 Å². The molecular weight excluding hydrogens is 306 g/mol. The van der Waals surface area contributed by atoms with Gasteiger partial charge >= 0.3 is 11.8 Å². The Morgan fingerprint density at radius 2 is 1.75 bits per heavy atom. The number of ether oxygens (including phenoxy) is 1. The quantitative estimate of drug-likeness (QED) is 0.480. The first kappa shape index (κ1) is 17.2. The van der Waals surface area contributed by atoms with Gasteiger partial charge in [0.15, 0.2) is 0 Å². The van der Waals surface area contributed by atoms with Crippen molar-refractivity contribution in [3.63, 3.8) is 0 Å². The molecule has 2 N–H and O–H groups in total. The van der Waals surface area contributed by atoms with Gasteiger partial charge in [-0.05, 0) is 41.8 Å². The number of rotatable bonds is 6. The molecule has 124 valence electrons. The van der Waals surface area contributed by atoms with Gasteiger partial charge in [-0.3, -0.25) is 9.59 Å². The molecule has 0 saturated heterocycles. The molecule has 6 heteroatoms. The monoisotopic (exact) mass is 325 g/mol. The lowest BCUT2D eigenvalue weighted by Crippen LogP contribution is -2.38. The minimum Gasteiger partial charge on any atom is -0.497 e. The SMILES string of the molecule is COc1ccc(/C=N/NC(=O)C(=O)NCCc2ccccc2)cc1. The first-order valence-electron chi connectivity index (χ1n) is 7.48. The summed E-state index contributed by atoms with van der Waals surface area (Å²) >= 11 is 0. The molecule has 0 bridgehead atoms. The van der Waals surface area contributed by atoms with E-state index in [1.165, 1.54) is 6.21 Å². The third kappa shape index (κ3) is 5.57. The molecule has 2 aromatic rings. The van der Waals surface area contributed by atoms with Crippen molar-refractivity contribution < 1.29 is 14.3 Å². The first-order chi connectivity index (χ1) is 11.7. The van der Waals surface area contributed by atoms with Crippen molar-refractivity contribution in [1.82, 2.24) is 10.7 Å². The fourth-order valence-corrected chi connectivity index (χ4v) is 1.95. The van der Waals surface area contributed by atoms with Gasteiger partial charge in [0.05, 0.1) is 13.3 Å². The highest BCUT2D eigenvalue weighted by Gasteiger charge is 2.11. The molecule has 2 aromatic carbocycles. The van der Waals surface area contributed by atoms with Crippen molar-refractivity contribution in [2.75, 3.05) is 13.7 Å². The van der Waals surface area contributed by atoms with Crippen LogP contribution in [0, 0.1) is 0 Å². The number of nitrogens with zero attached hydrogens (tertiary/aromatic N) is 1. The molecule has 6 nitrogen and oxygen atoms in total. The number of hydrogen-bond donors (Lipinski definition) is 2. The molecule has 2 rings (SSSR count). The third-order valence-corrected chi connectivity index (χ3v) is 3.24. The molecule has 0 aliphatic heterocycles. The third-order valence-electron chi connectivity index (χ3n) is 3.24. The Kier molecular flexibility index (Phi) is 6.52. The van der Waals surface area contributed by atoms with Crippen molar-refractivity contribution in [3.8, 4) is 5.75 Å². The number of carbonyl (C=O) groups excluding carboxylic acids is 2. The van der Waals surface area contributed by atoms with Crippen LogP contribution in [-0.2, 0) is 16.0 Å². The van der Waals surface area contributed by atoms with Gasteiger partial charge in [0, 0.05) is 6.54 Å². The molecule has 0 aliphatic rings. The van der Waals surface area contributed by atoms with Crippen LogP contribution in [0.1, 0.15) is 11.1 Å². The van der Waals surface area contributed by atoms with E-state index in [1.807, 2.05) is 30.3 Å². The van der Waals surface area contributed by atoms with E-state index in [2.05, 4.69) is 15.8 Å². The Balaban J connectivity index is 1.72. The zero-order chi connectivity index (χ0) is 17.2. The highest BCUT2D eigenvalue weighted by Crippen LogP contribution is 2.09. The van der Waals surface area contributed by atoms with Crippen LogP contribution in [0.25, 0.3) is 0 Å². The Hall–Kier alpha value is -3.15.